The molecular weight excluding hydrogens is 302 g/mol. The molecule has 1 unspecified atom stereocenters. The maximum absolute atomic E-state index is 12.7. The van der Waals surface area contributed by atoms with Gasteiger partial charge in [0, 0.05) is 16.8 Å². The Labute approximate surface area is 130 Å². The molecule has 0 spiro atoms. The molecule has 0 saturated carbocycles. The number of ether oxygens (including phenoxy) is 1. The smallest absolute Gasteiger partial charge is 0.137 e. The van der Waals surface area contributed by atoms with Crippen LogP contribution in [0.3, 0.4) is 0 Å². The zero-order valence-electron chi connectivity index (χ0n) is 11.5. The molecule has 0 aliphatic rings. The van der Waals surface area contributed by atoms with Gasteiger partial charge < -0.3 is 4.74 Å². The average molecular weight is 317 g/mol. The summed E-state index contributed by atoms with van der Waals surface area (Å²) in [4.78, 5) is 1.86. The highest BCUT2D eigenvalue weighted by Gasteiger charge is 2.14. The summed E-state index contributed by atoms with van der Waals surface area (Å²) >= 11 is 1.65. The summed E-state index contributed by atoms with van der Waals surface area (Å²) in [5.74, 6) is 0.644. The van der Waals surface area contributed by atoms with Crippen LogP contribution in [0.4, 0.5) is 0 Å². The van der Waals surface area contributed by atoms with Crippen molar-refractivity contribution < 1.29 is 8.95 Å². The van der Waals surface area contributed by atoms with Crippen LogP contribution < -0.4 is 9.46 Å². The van der Waals surface area contributed by atoms with E-state index in [0.29, 0.717) is 17.2 Å². The standard InChI is InChI=1S/C16H15NO2S2/c1-19-15-9-8-12-5-2-3-7-14(12)16(15)21(18)17-11-13-6-4-10-20-13/h2-10,17H,11H2,1H3. The summed E-state index contributed by atoms with van der Waals surface area (Å²) in [5, 5.41) is 4.02. The average Bonchev–Trinajstić information content (AvgIpc) is 3.04. The molecule has 0 amide bonds. The Balaban J connectivity index is 1.95. The predicted molar refractivity (Wildman–Crippen MR) is 88.1 cm³/mol. The van der Waals surface area contributed by atoms with Gasteiger partial charge in [0.05, 0.1) is 7.11 Å². The molecule has 1 atom stereocenters. The molecule has 3 rings (SSSR count). The van der Waals surface area contributed by atoms with E-state index in [1.807, 2.05) is 53.9 Å². The number of rotatable bonds is 5. The third-order valence-electron chi connectivity index (χ3n) is 3.21. The monoisotopic (exact) mass is 317 g/mol. The van der Waals surface area contributed by atoms with Gasteiger partial charge in [-0.05, 0) is 22.9 Å². The van der Waals surface area contributed by atoms with E-state index < -0.39 is 11.0 Å². The second kappa shape index (κ2) is 6.39. The summed E-state index contributed by atoms with van der Waals surface area (Å²) in [5.41, 5.74) is 0. The molecule has 108 valence electrons. The van der Waals surface area contributed by atoms with E-state index in [1.165, 1.54) is 0 Å². The van der Waals surface area contributed by atoms with E-state index in [0.717, 1.165) is 15.6 Å². The second-order valence-electron chi connectivity index (χ2n) is 4.49. The van der Waals surface area contributed by atoms with Crippen molar-refractivity contribution in [3.05, 3.63) is 58.8 Å². The Morgan fingerprint density at radius 2 is 2.00 bits per heavy atom. The molecule has 0 aliphatic heterocycles. The number of nitrogens with one attached hydrogen (secondary N) is 1. The highest BCUT2D eigenvalue weighted by Crippen LogP contribution is 2.30. The molecule has 0 fully saturated rings. The van der Waals surface area contributed by atoms with E-state index in [1.54, 1.807) is 18.4 Å². The molecular formula is C16H15NO2S2. The lowest BCUT2D eigenvalue weighted by atomic mass is 10.1. The van der Waals surface area contributed by atoms with Gasteiger partial charge in [-0.2, -0.15) is 0 Å². The predicted octanol–water partition coefficient (Wildman–Crippen LogP) is 3.72. The maximum atomic E-state index is 12.7. The van der Waals surface area contributed by atoms with E-state index in [2.05, 4.69) is 4.72 Å². The van der Waals surface area contributed by atoms with Crippen molar-refractivity contribution in [1.82, 2.24) is 4.72 Å². The number of hydrogen-bond acceptors (Lipinski definition) is 3. The van der Waals surface area contributed by atoms with Gasteiger partial charge in [-0.1, -0.05) is 36.4 Å². The van der Waals surface area contributed by atoms with Gasteiger partial charge in [0.25, 0.3) is 0 Å². The van der Waals surface area contributed by atoms with Crippen LogP contribution in [-0.2, 0) is 17.5 Å². The lowest BCUT2D eigenvalue weighted by molar-refractivity contribution is 0.405. The van der Waals surface area contributed by atoms with E-state index >= 15 is 0 Å². The molecule has 3 aromatic rings. The van der Waals surface area contributed by atoms with E-state index in [9.17, 15) is 4.21 Å². The van der Waals surface area contributed by atoms with Gasteiger partial charge in [0.1, 0.15) is 21.6 Å². The van der Waals surface area contributed by atoms with E-state index in [-0.39, 0.29) is 0 Å². The highest BCUT2D eigenvalue weighted by molar-refractivity contribution is 7.83. The molecule has 21 heavy (non-hydrogen) atoms. The van der Waals surface area contributed by atoms with E-state index in [4.69, 9.17) is 4.74 Å². The number of benzene rings is 2. The quantitative estimate of drug-likeness (QED) is 0.779. The van der Waals surface area contributed by atoms with Crippen molar-refractivity contribution in [3.8, 4) is 5.75 Å². The van der Waals surface area contributed by atoms with Crippen LogP contribution in [0.15, 0.2) is 58.8 Å². The van der Waals surface area contributed by atoms with Crippen molar-refractivity contribution in [3.63, 3.8) is 0 Å². The van der Waals surface area contributed by atoms with Crippen molar-refractivity contribution in [1.29, 1.82) is 0 Å². The van der Waals surface area contributed by atoms with Crippen LogP contribution in [-0.4, -0.2) is 11.3 Å². The molecule has 1 heterocycles. The maximum Gasteiger partial charge on any atom is 0.137 e. The SMILES string of the molecule is COc1ccc2ccccc2c1S(=O)NCc1cccs1. The lowest BCUT2D eigenvalue weighted by Gasteiger charge is -2.12. The minimum absolute atomic E-state index is 0.580. The van der Waals surface area contributed by atoms with Crippen LogP contribution >= 0.6 is 11.3 Å². The Hall–Kier alpha value is -1.69. The lowest BCUT2D eigenvalue weighted by Crippen LogP contribution is -2.17. The van der Waals surface area contributed by atoms with Crippen molar-refractivity contribution >= 4 is 33.1 Å². The fourth-order valence-corrected chi connectivity index (χ4v) is 4.08. The second-order valence-corrected chi connectivity index (χ2v) is 6.75. The fraction of sp³-hybridized carbons (Fsp3) is 0.125. The third kappa shape index (κ3) is 3.00. The van der Waals surface area contributed by atoms with Gasteiger partial charge in [-0.3, -0.25) is 0 Å². The van der Waals surface area contributed by atoms with Crippen molar-refractivity contribution in [2.24, 2.45) is 0 Å². The molecule has 0 bridgehead atoms. The Morgan fingerprint density at radius 1 is 1.14 bits per heavy atom. The first-order valence-electron chi connectivity index (χ1n) is 6.53. The summed E-state index contributed by atoms with van der Waals surface area (Å²) in [6, 6.07) is 15.8. The Bertz CT molecular complexity index is 769. The molecule has 0 radical (unpaired) electrons. The number of methoxy groups -OCH3 is 1. The summed E-state index contributed by atoms with van der Waals surface area (Å²) in [6.45, 7) is 0.580. The Kier molecular flexibility index (Phi) is 4.34. The topological polar surface area (TPSA) is 38.3 Å². The molecule has 5 heteroatoms. The molecule has 1 N–H and O–H groups in total. The summed E-state index contributed by atoms with van der Waals surface area (Å²) < 4.78 is 21.1. The first-order chi connectivity index (χ1) is 10.3. The minimum atomic E-state index is -1.32. The molecule has 2 aromatic carbocycles. The molecule has 1 aromatic heterocycles. The zero-order chi connectivity index (χ0) is 14.7. The molecule has 0 aliphatic carbocycles. The molecule has 0 saturated heterocycles. The van der Waals surface area contributed by atoms with Gasteiger partial charge in [0.15, 0.2) is 0 Å². The van der Waals surface area contributed by atoms with Gasteiger partial charge in [-0.15, -0.1) is 11.3 Å². The van der Waals surface area contributed by atoms with Crippen LogP contribution in [0, 0.1) is 0 Å². The fourth-order valence-electron chi connectivity index (χ4n) is 2.20. The number of hydrogen-bond donors (Lipinski definition) is 1. The molecule has 3 nitrogen and oxygen atoms in total. The highest BCUT2D eigenvalue weighted by atomic mass is 32.2. The van der Waals surface area contributed by atoms with Crippen molar-refractivity contribution in [2.75, 3.05) is 7.11 Å². The van der Waals surface area contributed by atoms with Crippen LogP contribution in [0.5, 0.6) is 5.75 Å². The third-order valence-corrected chi connectivity index (χ3v) is 5.28. The van der Waals surface area contributed by atoms with Crippen molar-refractivity contribution in [2.45, 2.75) is 11.4 Å². The summed E-state index contributed by atoms with van der Waals surface area (Å²) in [6.07, 6.45) is 0. The van der Waals surface area contributed by atoms with Gasteiger partial charge in [0.2, 0.25) is 0 Å². The van der Waals surface area contributed by atoms with Crippen LogP contribution in [0.1, 0.15) is 4.88 Å². The van der Waals surface area contributed by atoms with Gasteiger partial charge in [-0.25, -0.2) is 8.93 Å². The largest absolute Gasteiger partial charge is 0.495 e. The normalized spacial score (nSPS) is 12.4. The zero-order valence-corrected chi connectivity index (χ0v) is 13.2. The van der Waals surface area contributed by atoms with Crippen LogP contribution in [0.2, 0.25) is 0 Å². The Morgan fingerprint density at radius 3 is 2.76 bits per heavy atom. The van der Waals surface area contributed by atoms with Gasteiger partial charge >= 0.3 is 0 Å². The summed E-state index contributed by atoms with van der Waals surface area (Å²) in [7, 11) is 0.279. The number of fused-ring (bicyclic) bond motifs is 1. The number of thiophene rings is 1. The minimum Gasteiger partial charge on any atom is -0.495 e. The first kappa shape index (κ1) is 14.3. The van der Waals surface area contributed by atoms with Crippen LogP contribution in [0.25, 0.3) is 10.8 Å². The first-order valence-corrected chi connectivity index (χ1v) is 8.56.